The molecule has 0 atom stereocenters. The number of aromatic amines is 1. The Labute approximate surface area is 158 Å². The van der Waals surface area contributed by atoms with E-state index in [1.54, 1.807) is 0 Å². The van der Waals surface area contributed by atoms with E-state index in [4.69, 9.17) is 0 Å². The van der Waals surface area contributed by atoms with Crippen molar-refractivity contribution in [1.82, 2.24) is 9.97 Å². The van der Waals surface area contributed by atoms with Crippen molar-refractivity contribution in [2.45, 2.75) is 52.0 Å². The van der Waals surface area contributed by atoms with Gasteiger partial charge in [-0.1, -0.05) is 20.8 Å². The highest BCUT2D eigenvalue weighted by Gasteiger charge is 2.28. The van der Waals surface area contributed by atoms with Crippen molar-refractivity contribution in [3.63, 3.8) is 0 Å². The Kier molecular flexibility index (Phi) is 3.92. The number of aromatic nitrogens is 3. The number of thiophene rings is 1. The third-order valence-electron chi connectivity index (χ3n) is 5.00. The Bertz CT molecular complexity index is 1050. The molecule has 1 N–H and O–H groups in total. The monoisotopic (exact) mass is 364 g/mol. The molecular formula is C22H26N3S+. The number of nitrogens with one attached hydrogen (secondary N) is 1. The number of nitrogens with zero attached hydrogens (tertiary/aromatic N) is 2. The summed E-state index contributed by atoms with van der Waals surface area (Å²) in [6.07, 6.45) is 8.26. The number of hydrogen-bond acceptors (Lipinski definition) is 2. The second kappa shape index (κ2) is 5.92. The maximum atomic E-state index is 4.25. The Morgan fingerprint density at radius 3 is 2.62 bits per heavy atom. The van der Waals surface area contributed by atoms with Gasteiger partial charge >= 0.3 is 0 Å². The molecule has 0 bridgehead atoms. The average molecular weight is 365 g/mol. The molecule has 0 aliphatic carbocycles. The summed E-state index contributed by atoms with van der Waals surface area (Å²) in [5, 5.41) is 2.56. The van der Waals surface area contributed by atoms with Crippen LogP contribution in [0.2, 0.25) is 0 Å². The molecule has 3 nitrogen and oxygen atoms in total. The zero-order chi connectivity index (χ0) is 18.5. The lowest BCUT2D eigenvalue weighted by molar-refractivity contribution is -0.703. The summed E-state index contributed by atoms with van der Waals surface area (Å²) in [5.41, 5.74) is 2.67. The van der Waals surface area contributed by atoms with Crippen LogP contribution in [0.3, 0.4) is 0 Å². The van der Waals surface area contributed by atoms with E-state index in [0.29, 0.717) is 0 Å². The molecule has 4 rings (SSSR count). The molecule has 4 heterocycles. The largest absolute Gasteiger partial charge is 0.353 e. The van der Waals surface area contributed by atoms with Crippen LogP contribution in [0.15, 0.2) is 49.1 Å². The lowest BCUT2D eigenvalue weighted by Gasteiger charge is -2.19. The second-order valence-electron chi connectivity index (χ2n) is 8.83. The van der Waals surface area contributed by atoms with Crippen LogP contribution in [0.1, 0.15) is 45.2 Å². The van der Waals surface area contributed by atoms with Gasteiger partial charge in [0.15, 0.2) is 18.9 Å². The molecule has 0 aromatic carbocycles. The van der Waals surface area contributed by atoms with E-state index in [2.05, 4.69) is 85.8 Å². The average Bonchev–Trinajstić information content (AvgIpc) is 3.18. The van der Waals surface area contributed by atoms with Crippen molar-refractivity contribution in [1.29, 1.82) is 0 Å². The summed E-state index contributed by atoms with van der Waals surface area (Å²) in [7, 11) is 0. The van der Waals surface area contributed by atoms with E-state index in [1.807, 2.05) is 23.7 Å². The fourth-order valence-corrected chi connectivity index (χ4v) is 4.49. The molecule has 0 aliphatic heterocycles. The lowest BCUT2D eigenvalue weighted by atomic mass is 9.91. The molecule has 4 aromatic rings. The van der Waals surface area contributed by atoms with E-state index >= 15 is 0 Å². The van der Waals surface area contributed by atoms with E-state index in [1.165, 1.54) is 31.6 Å². The molecule has 0 spiro atoms. The molecule has 0 unspecified atom stereocenters. The van der Waals surface area contributed by atoms with E-state index in [0.717, 1.165) is 6.54 Å². The molecule has 134 valence electrons. The van der Waals surface area contributed by atoms with Crippen LogP contribution in [0.4, 0.5) is 0 Å². The van der Waals surface area contributed by atoms with Gasteiger partial charge in [0, 0.05) is 39.8 Å². The third kappa shape index (κ3) is 3.14. The Balaban J connectivity index is 1.66. The van der Waals surface area contributed by atoms with Crippen LogP contribution < -0.4 is 4.57 Å². The maximum Gasteiger partial charge on any atom is 0.193 e. The number of rotatable bonds is 3. The van der Waals surface area contributed by atoms with Crippen LogP contribution in [0.25, 0.3) is 21.0 Å². The number of fused-ring (bicyclic) bond motifs is 2. The highest BCUT2D eigenvalue weighted by Crippen LogP contribution is 2.34. The van der Waals surface area contributed by atoms with Crippen LogP contribution >= 0.6 is 11.3 Å². The molecule has 0 aliphatic rings. The molecule has 26 heavy (non-hydrogen) atoms. The molecule has 4 heteroatoms. The summed E-state index contributed by atoms with van der Waals surface area (Å²) in [4.78, 5) is 9.24. The maximum absolute atomic E-state index is 4.25. The molecule has 0 fully saturated rings. The van der Waals surface area contributed by atoms with Gasteiger partial charge in [-0.25, -0.2) is 4.57 Å². The topological polar surface area (TPSA) is 32.6 Å². The Hall–Kier alpha value is -2.20. The third-order valence-corrected chi connectivity index (χ3v) is 6.45. The van der Waals surface area contributed by atoms with E-state index in [9.17, 15) is 0 Å². The second-order valence-corrected chi connectivity index (χ2v) is 9.91. The molecular weight excluding hydrogens is 338 g/mol. The number of pyridine rings is 2. The summed E-state index contributed by atoms with van der Waals surface area (Å²) in [5.74, 6) is 0. The first-order valence-corrected chi connectivity index (χ1v) is 9.90. The minimum absolute atomic E-state index is 0.0570. The van der Waals surface area contributed by atoms with Crippen molar-refractivity contribution in [2.24, 2.45) is 0 Å². The van der Waals surface area contributed by atoms with Crippen LogP contribution in [0.5, 0.6) is 0 Å². The summed E-state index contributed by atoms with van der Waals surface area (Å²) < 4.78 is 3.56. The van der Waals surface area contributed by atoms with Crippen molar-refractivity contribution in [3.8, 4) is 0 Å². The fourth-order valence-electron chi connectivity index (χ4n) is 3.37. The van der Waals surface area contributed by atoms with Gasteiger partial charge in [0.2, 0.25) is 0 Å². The van der Waals surface area contributed by atoms with E-state index in [-0.39, 0.29) is 10.8 Å². The van der Waals surface area contributed by atoms with Crippen molar-refractivity contribution >= 4 is 32.3 Å². The van der Waals surface area contributed by atoms with Gasteiger partial charge in [-0.05, 0) is 37.4 Å². The SMILES string of the molecule is CC(C)(C)c1cc2cc[n+](CC(C)(C)c3cc4ccncc4s3)cc2[nH]1. The van der Waals surface area contributed by atoms with Gasteiger partial charge in [0.05, 0.1) is 10.1 Å². The van der Waals surface area contributed by atoms with Crippen LogP contribution in [0, 0.1) is 0 Å². The normalized spacial score (nSPS) is 13.0. The van der Waals surface area contributed by atoms with Crippen molar-refractivity contribution in [3.05, 3.63) is 59.6 Å². The highest BCUT2D eigenvalue weighted by molar-refractivity contribution is 7.19. The molecule has 0 amide bonds. The summed E-state index contributed by atoms with van der Waals surface area (Å²) in [6, 6.07) is 8.89. The number of H-pyrrole nitrogens is 1. The minimum atomic E-state index is 0.0570. The van der Waals surface area contributed by atoms with Gasteiger partial charge in [0.1, 0.15) is 5.52 Å². The lowest BCUT2D eigenvalue weighted by Crippen LogP contribution is -2.42. The van der Waals surface area contributed by atoms with Crippen LogP contribution in [-0.4, -0.2) is 9.97 Å². The molecule has 0 radical (unpaired) electrons. The van der Waals surface area contributed by atoms with E-state index < -0.39 is 0 Å². The van der Waals surface area contributed by atoms with Gasteiger partial charge in [-0.2, -0.15) is 0 Å². The Morgan fingerprint density at radius 1 is 1.08 bits per heavy atom. The molecule has 0 saturated carbocycles. The van der Waals surface area contributed by atoms with Gasteiger partial charge in [-0.15, -0.1) is 11.3 Å². The van der Waals surface area contributed by atoms with Gasteiger partial charge in [0.25, 0.3) is 0 Å². The van der Waals surface area contributed by atoms with Crippen LogP contribution in [-0.2, 0) is 17.4 Å². The smallest absolute Gasteiger partial charge is 0.193 e. The first kappa shape index (κ1) is 17.2. The molecule has 0 saturated heterocycles. The standard InChI is InChI=1S/C22H25N3S/c1-21(2,3)19-10-15-7-9-25(13-17(15)24-19)14-22(4,5)20-11-16-6-8-23-12-18(16)26-20/h6-13H,14H2,1-5H3/p+1. The molecule has 4 aromatic heterocycles. The predicted octanol–water partition coefficient (Wildman–Crippen LogP) is 5.34. The first-order valence-electron chi connectivity index (χ1n) is 9.09. The quantitative estimate of drug-likeness (QED) is 0.489. The minimum Gasteiger partial charge on any atom is -0.353 e. The summed E-state index contributed by atoms with van der Waals surface area (Å²) in [6.45, 7) is 12.3. The van der Waals surface area contributed by atoms with Crippen molar-refractivity contribution in [2.75, 3.05) is 0 Å². The zero-order valence-corrected chi connectivity index (χ0v) is 16.9. The van der Waals surface area contributed by atoms with Gasteiger partial charge in [-0.3, -0.25) is 4.98 Å². The summed E-state index contributed by atoms with van der Waals surface area (Å²) >= 11 is 1.85. The fraction of sp³-hybridized carbons (Fsp3) is 0.364. The van der Waals surface area contributed by atoms with Crippen molar-refractivity contribution < 1.29 is 4.57 Å². The first-order chi connectivity index (χ1) is 12.2. The Morgan fingerprint density at radius 2 is 1.88 bits per heavy atom. The van der Waals surface area contributed by atoms with Gasteiger partial charge < -0.3 is 4.98 Å². The zero-order valence-electron chi connectivity index (χ0n) is 16.1. The predicted molar refractivity (Wildman–Crippen MR) is 110 cm³/mol. The number of hydrogen-bond donors (Lipinski definition) is 1. The highest BCUT2D eigenvalue weighted by atomic mass is 32.1.